The number of thioether (sulfide) groups is 2. The molecule has 1 fully saturated rings. The molecule has 0 spiro atoms. The van der Waals surface area contributed by atoms with Gasteiger partial charge in [-0.2, -0.15) is 5.10 Å². The van der Waals surface area contributed by atoms with Gasteiger partial charge in [-0.1, -0.05) is 30.3 Å². The van der Waals surface area contributed by atoms with Crippen LogP contribution in [0.15, 0.2) is 84.0 Å². The Morgan fingerprint density at radius 3 is 2.09 bits per heavy atom. The molecular weight excluding hydrogens is 482 g/mol. The number of carbonyl (C=O) groups excluding carboxylic acids is 2. The second-order valence-corrected chi connectivity index (χ2v) is 10.2. The molecule has 0 atom stereocenters. The van der Waals surface area contributed by atoms with Crippen LogP contribution in [0.5, 0.6) is 11.5 Å². The second kappa shape index (κ2) is 12.9. The van der Waals surface area contributed by atoms with Crippen LogP contribution < -0.4 is 20.2 Å². The number of benzene rings is 3. The first-order valence-corrected chi connectivity index (χ1v) is 13.1. The zero-order valence-electron chi connectivity index (χ0n) is 18.9. The number of hydrazone groups is 1. The Morgan fingerprint density at radius 2 is 1.43 bits per heavy atom. The number of hydrogen-bond donors (Lipinski definition) is 2. The summed E-state index contributed by atoms with van der Waals surface area (Å²) in [5.41, 5.74) is 5.21. The van der Waals surface area contributed by atoms with Crippen molar-refractivity contribution in [1.82, 2.24) is 5.43 Å². The van der Waals surface area contributed by atoms with Crippen LogP contribution in [0, 0.1) is 0 Å². The Labute approximate surface area is 212 Å². The van der Waals surface area contributed by atoms with E-state index < -0.39 is 0 Å². The van der Waals surface area contributed by atoms with E-state index >= 15 is 0 Å². The number of hydrogen-bond acceptors (Lipinski definition) is 7. The van der Waals surface area contributed by atoms with Gasteiger partial charge in [0.05, 0.1) is 10.8 Å². The quantitative estimate of drug-likeness (QED) is 0.305. The zero-order chi connectivity index (χ0) is 24.3. The van der Waals surface area contributed by atoms with E-state index in [4.69, 9.17) is 9.47 Å². The van der Waals surface area contributed by atoms with Gasteiger partial charge in [0, 0.05) is 17.2 Å². The van der Waals surface area contributed by atoms with Gasteiger partial charge in [0.15, 0.2) is 13.2 Å². The molecule has 0 saturated carbocycles. The Hall–Kier alpha value is -3.43. The Balaban J connectivity index is 1.15. The van der Waals surface area contributed by atoms with E-state index in [0.29, 0.717) is 16.1 Å². The highest BCUT2D eigenvalue weighted by Crippen LogP contribution is 2.45. The largest absolute Gasteiger partial charge is 0.484 e. The van der Waals surface area contributed by atoms with Gasteiger partial charge >= 0.3 is 0 Å². The summed E-state index contributed by atoms with van der Waals surface area (Å²) in [6.07, 6.45) is 1.52. The standard InChI is InChI=1S/C26H25N3O4S2/c30-24(28-21-4-2-1-3-5-21)17-32-22-10-6-19(7-11-22)16-27-29-25(31)18-33-23-12-8-20(9-13-23)26-34-14-15-35-26/h1-13,16,26H,14-15,17-18H2,(H,28,30)(H,29,31)/b27-16-. The molecule has 180 valence electrons. The molecule has 2 N–H and O–H groups in total. The monoisotopic (exact) mass is 507 g/mol. The lowest BCUT2D eigenvalue weighted by Crippen LogP contribution is -2.24. The van der Waals surface area contributed by atoms with Crippen LogP contribution in [-0.4, -0.2) is 42.7 Å². The average Bonchev–Trinajstić information content (AvgIpc) is 3.43. The van der Waals surface area contributed by atoms with Crippen molar-refractivity contribution in [1.29, 1.82) is 0 Å². The molecule has 0 aromatic heterocycles. The number of rotatable bonds is 10. The van der Waals surface area contributed by atoms with Crippen molar-refractivity contribution in [2.75, 3.05) is 30.0 Å². The summed E-state index contributed by atoms with van der Waals surface area (Å²) in [4.78, 5) is 24.0. The number of anilines is 1. The van der Waals surface area contributed by atoms with Crippen LogP contribution in [-0.2, 0) is 9.59 Å². The van der Waals surface area contributed by atoms with Crippen LogP contribution in [0.3, 0.4) is 0 Å². The summed E-state index contributed by atoms with van der Waals surface area (Å²) in [7, 11) is 0. The minimum Gasteiger partial charge on any atom is -0.484 e. The third-order valence-corrected chi connectivity index (χ3v) is 7.96. The van der Waals surface area contributed by atoms with Crippen molar-refractivity contribution >= 4 is 47.2 Å². The van der Waals surface area contributed by atoms with Crippen molar-refractivity contribution in [2.45, 2.75) is 4.58 Å². The molecule has 1 heterocycles. The molecule has 4 rings (SSSR count). The van der Waals surface area contributed by atoms with Crippen LogP contribution >= 0.6 is 23.5 Å². The van der Waals surface area contributed by atoms with Crippen molar-refractivity contribution < 1.29 is 19.1 Å². The molecule has 0 bridgehead atoms. The topological polar surface area (TPSA) is 89.0 Å². The number of carbonyl (C=O) groups is 2. The summed E-state index contributed by atoms with van der Waals surface area (Å²) in [6, 6.07) is 24.1. The number of amides is 2. The molecular formula is C26H25N3O4S2. The highest BCUT2D eigenvalue weighted by Gasteiger charge is 2.18. The summed E-state index contributed by atoms with van der Waals surface area (Å²) >= 11 is 3.90. The van der Waals surface area contributed by atoms with Crippen molar-refractivity contribution in [2.24, 2.45) is 5.10 Å². The lowest BCUT2D eigenvalue weighted by Gasteiger charge is -2.10. The van der Waals surface area contributed by atoms with E-state index in [2.05, 4.69) is 15.8 Å². The van der Waals surface area contributed by atoms with E-state index in [-0.39, 0.29) is 25.0 Å². The number of nitrogens with one attached hydrogen (secondary N) is 2. The van der Waals surface area contributed by atoms with Crippen LogP contribution in [0.2, 0.25) is 0 Å². The second-order valence-electron chi connectivity index (χ2n) is 7.50. The van der Waals surface area contributed by atoms with E-state index in [0.717, 1.165) is 11.3 Å². The summed E-state index contributed by atoms with van der Waals surface area (Å²) in [5, 5.41) is 6.72. The molecule has 35 heavy (non-hydrogen) atoms. The van der Waals surface area contributed by atoms with Gasteiger partial charge in [0.25, 0.3) is 11.8 Å². The molecule has 1 saturated heterocycles. The van der Waals surface area contributed by atoms with Gasteiger partial charge in [-0.3, -0.25) is 9.59 Å². The minimum atomic E-state index is -0.350. The van der Waals surface area contributed by atoms with Crippen LogP contribution in [0.1, 0.15) is 15.7 Å². The first kappa shape index (κ1) is 24.7. The fraction of sp³-hybridized carbons (Fsp3) is 0.192. The molecule has 0 unspecified atom stereocenters. The van der Waals surface area contributed by atoms with Crippen LogP contribution in [0.25, 0.3) is 0 Å². The van der Waals surface area contributed by atoms with Crippen molar-refractivity contribution in [3.05, 3.63) is 90.0 Å². The van der Waals surface area contributed by atoms with E-state index in [9.17, 15) is 9.59 Å². The van der Waals surface area contributed by atoms with Crippen LogP contribution in [0.4, 0.5) is 5.69 Å². The molecule has 1 aliphatic heterocycles. The first-order chi connectivity index (χ1) is 17.2. The molecule has 7 nitrogen and oxygen atoms in total. The third kappa shape index (κ3) is 8.08. The summed E-state index contributed by atoms with van der Waals surface area (Å²) in [6.45, 7) is -0.221. The maximum atomic E-state index is 12.0. The van der Waals surface area contributed by atoms with Gasteiger partial charge in [-0.15, -0.1) is 23.5 Å². The first-order valence-electron chi connectivity index (χ1n) is 11.0. The number of nitrogens with zero attached hydrogens (tertiary/aromatic N) is 1. The predicted molar refractivity (Wildman–Crippen MR) is 142 cm³/mol. The average molecular weight is 508 g/mol. The predicted octanol–water partition coefficient (Wildman–Crippen LogP) is 4.71. The lowest BCUT2D eigenvalue weighted by molar-refractivity contribution is -0.123. The van der Waals surface area contributed by atoms with Crippen molar-refractivity contribution in [3.63, 3.8) is 0 Å². The molecule has 3 aromatic carbocycles. The molecule has 9 heteroatoms. The zero-order valence-corrected chi connectivity index (χ0v) is 20.5. The summed E-state index contributed by atoms with van der Waals surface area (Å²) < 4.78 is 11.5. The Bertz CT molecular complexity index is 1130. The summed E-state index contributed by atoms with van der Waals surface area (Å²) in [5.74, 6) is 2.97. The van der Waals surface area contributed by atoms with Gasteiger partial charge in [0.2, 0.25) is 0 Å². The fourth-order valence-corrected chi connectivity index (χ4v) is 6.01. The highest BCUT2D eigenvalue weighted by molar-refractivity contribution is 8.19. The molecule has 0 aliphatic carbocycles. The van der Waals surface area contributed by atoms with E-state index in [1.807, 2.05) is 78.1 Å². The molecule has 2 amide bonds. The number of para-hydroxylation sites is 1. The Morgan fingerprint density at radius 1 is 0.829 bits per heavy atom. The fourth-order valence-electron chi connectivity index (χ4n) is 3.15. The molecule has 3 aromatic rings. The maximum Gasteiger partial charge on any atom is 0.277 e. The lowest BCUT2D eigenvalue weighted by atomic mass is 10.2. The van der Waals surface area contributed by atoms with Gasteiger partial charge in [0.1, 0.15) is 11.5 Å². The van der Waals surface area contributed by atoms with Gasteiger partial charge < -0.3 is 14.8 Å². The number of ether oxygens (including phenoxy) is 2. The van der Waals surface area contributed by atoms with Gasteiger partial charge in [-0.05, 0) is 59.7 Å². The van der Waals surface area contributed by atoms with E-state index in [1.54, 1.807) is 24.3 Å². The van der Waals surface area contributed by atoms with Gasteiger partial charge in [-0.25, -0.2) is 5.43 Å². The maximum absolute atomic E-state index is 12.0. The highest BCUT2D eigenvalue weighted by atomic mass is 32.2. The normalized spacial score (nSPS) is 13.5. The molecule has 1 aliphatic rings. The molecule has 0 radical (unpaired) electrons. The smallest absolute Gasteiger partial charge is 0.277 e. The minimum absolute atomic E-state index is 0.0976. The SMILES string of the molecule is O=C(COc1ccc(C2SCCS2)cc1)N/N=C\c1ccc(OCC(=O)Nc2ccccc2)cc1. The Kier molecular flexibility index (Phi) is 9.08. The van der Waals surface area contributed by atoms with Crippen molar-refractivity contribution in [3.8, 4) is 11.5 Å². The third-order valence-electron chi connectivity index (χ3n) is 4.85. The van der Waals surface area contributed by atoms with E-state index in [1.165, 1.54) is 23.3 Å².